The zero-order valence-corrected chi connectivity index (χ0v) is 9.47. The largest absolute Gasteiger partial charge is 0.476 e. The Morgan fingerprint density at radius 1 is 1.35 bits per heavy atom. The fourth-order valence-electron chi connectivity index (χ4n) is 2.69. The third-order valence-corrected chi connectivity index (χ3v) is 3.50. The summed E-state index contributed by atoms with van der Waals surface area (Å²) in [6, 6.07) is 5.58. The summed E-state index contributed by atoms with van der Waals surface area (Å²) in [5.41, 5.74) is 0.870. The molecule has 4 heteroatoms. The molecule has 0 atom stereocenters. The molecule has 1 saturated carbocycles. The van der Waals surface area contributed by atoms with Gasteiger partial charge in [0.05, 0.1) is 5.52 Å². The van der Waals surface area contributed by atoms with Crippen LogP contribution in [0.2, 0.25) is 0 Å². The van der Waals surface area contributed by atoms with Gasteiger partial charge in [-0.05, 0) is 25.0 Å². The second-order valence-corrected chi connectivity index (χ2v) is 4.56. The van der Waals surface area contributed by atoms with Gasteiger partial charge in [0.2, 0.25) is 0 Å². The Bertz CT molecular complexity index is 568. The van der Waals surface area contributed by atoms with Crippen LogP contribution in [0, 0.1) is 0 Å². The maximum absolute atomic E-state index is 11.2. The average molecular weight is 230 g/mol. The van der Waals surface area contributed by atoms with Gasteiger partial charge >= 0.3 is 5.97 Å². The molecular formula is C13H14N2O2. The first-order chi connectivity index (χ1) is 8.27. The lowest BCUT2D eigenvalue weighted by atomic mass is 10.1. The summed E-state index contributed by atoms with van der Waals surface area (Å²) in [7, 11) is 0. The van der Waals surface area contributed by atoms with Crippen molar-refractivity contribution < 1.29 is 9.90 Å². The number of hydrogen-bond acceptors (Lipinski definition) is 2. The minimum absolute atomic E-state index is 0.174. The van der Waals surface area contributed by atoms with E-state index in [1.807, 2.05) is 28.8 Å². The lowest BCUT2D eigenvalue weighted by Gasteiger charge is -2.06. The molecule has 0 amide bonds. The van der Waals surface area contributed by atoms with Crippen molar-refractivity contribution >= 4 is 11.5 Å². The second kappa shape index (κ2) is 3.87. The van der Waals surface area contributed by atoms with Crippen molar-refractivity contribution in [1.82, 2.24) is 9.38 Å². The van der Waals surface area contributed by atoms with Gasteiger partial charge in [-0.3, -0.25) is 0 Å². The van der Waals surface area contributed by atoms with Gasteiger partial charge in [0, 0.05) is 12.1 Å². The molecule has 0 saturated heterocycles. The molecule has 2 heterocycles. The predicted octanol–water partition coefficient (Wildman–Crippen LogP) is 2.69. The number of aromatic carboxylic acids is 1. The first kappa shape index (κ1) is 10.3. The van der Waals surface area contributed by atoms with E-state index in [1.165, 1.54) is 12.8 Å². The van der Waals surface area contributed by atoms with E-state index in [0.29, 0.717) is 11.4 Å². The smallest absolute Gasteiger partial charge is 0.356 e. The van der Waals surface area contributed by atoms with Crippen molar-refractivity contribution in [3.05, 3.63) is 35.9 Å². The van der Waals surface area contributed by atoms with Crippen molar-refractivity contribution in [1.29, 1.82) is 0 Å². The lowest BCUT2D eigenvalue weighted by Crippen LogP contribution is -2.00. The molecule has 1 aliphatic rings. The number of carbonyl (C=O) groups is 1. The van der Waals surface area contributed by atoms with Gasteiger partial charge < -0.3 is 9.51 Å². The SMILES string of the molecule is O=C(O)c1nc(C2CCCC2)n2ccccc12. The Labute approximate surface area is 98.9 Å². The molecule has 88 valence electrons. The third kappa shape index (κ3) is 1.60. The number of imidazole rings is 1. The molecule has 0 bridgehead atoms. The Morgan fingerprint density at radius 3 is 2.82 bits per heavy atom. The predicted molar refractivity (Wildman–Crippen MR) is 63.4 cm³/mol. The quantitative estimate of drug-likeness (QED) is 0.862. The molecule has 1 N–H and O–H groups in total. The van der Waals surface area contributed by atoms with E-state index >= 15 is 0 Å². The van der Waals surface area contributed by atoms with Crippen molar-refractivity contribution in [3.63, 3.8) is 0 Å². The number of carboxylic acid groups (broad SMARTS) is 1. The first-order valence-corrected chi connectivity index (χ1v) is 5.97. The van der Waals surface area contributed by atoms with Crippen molar-refractivity contribution in [3.8, 4) is 0 Å². The Balaban J connectivity index is 2.20. The molecule has 0 spiro atoms. The highest BCUT2D eigenvalue weighted by molar-refractivity contribution is 5.93. The molecule has 1 aliphatic carbocycles. The molecule has 4 nitrogen and oxygen atoms in total. The summed E-state index contributed by atoms with van der Waals surface area (Å²) in [6.07, 6.45) is 6.58. The zero-order chi connectivity index (χ0) is 11.8. The molecule has 0 unspecified atom stereocenters. The standard InChI is InChI=1S/C13H14N2O2/c16-13(17)11-10-7-3-4-8-15(10)12(14-11)9-5-1-2-6-9/h3-4,7-9H,1-2,5-6H2,(H,16,17). The van der Waals surface area contributed by atoms with Gasteiger partial charge in [0.1, 0.15) is 5.82 Å². The molecule has 2 aromatic rings. The summed E-state index contributed by atoms with van der Waals surface area (Å²) >= 11 is 0. The molecule has 0 aliphatic heterocycles. The monoisotopic (exact) mass is 230 g/mol. The highest BCUT2D eigenvalue weighted by atomic mass is 16.4. The van der Waals surface area contributed by atoms with E-state index in [2.05, 4.69) is 4.98 Å². The fourth-order valence-corrected chi connectivity index (χ4v) is 2.69. The maximum Gasteiger partial charge on any atom is 0.356 e. The van der Waals surface area contributed by atoms with Crippen LogP contribution in [0.5, 0.6) is 0 Å². The number of carboxylic acids is 1. The summed E-state index contributed by atoms with van der Waals surface area (Å²) in [5, 5.41) is 9.16. The minimum atomic E-state index is -0.946. The summed E-state index contributed by atoms with van der Waals surface area (Å²) < 4.78 is 1.93. The lowest BCUT2D eigenvalue weighted by molar-refractivity contribution is 0.0693. The molecule has 0 radical (unpaired) electrons. The highest BCUT2D eigenvalue weighted by Crippen LogP contribution is 2.34. The first-order valence-electron chi connectivity index (χ1n) is 5.97. The summed E-state index contributed by atoms with van der Waals surface area (Å²) in [4.78, 5) is 15.5. The van der Waals surface area contributed by atoms with Crippen LogP contribution in [0.15, 0.2) is 24.4 Å². The van der Waals surface area contributed by atoms with Crippen LogP contribution in [0.25, 0.3) is 5.52 Å². The normalized spacial score (nSPS) is 16.7. The number of rotatable bonds is 2. The van der Waals surface area contributed by atoms with E-state index in [0.717, 1.165) is 18.7 Å². The van der Waals surface area contributed by atoms with Gasteiger partial charge in [-0.2, -0.15) is 0 Å². The topological polar surface area (TPSA) is 54.6 Å². The molecular weight excluding hydrogens is 216 g/mol. The number of hydrogen-bond donors (Lipinski definition) is 1. The maximum atomic E-state index is 11.2. The summed E-state index contributed by atoms with van der Waals surface area (Å²) in [5.74, 6) is 0.381. The van der Waals surface area contributed by atoms with E-state index in [4.69, 9.17) is 5.11 Å². The average Bonchev–Trinajstić information content (AvgIpc) is 2.95. The molecule has 17 heavy (non-hydrogen) atoms. The van der Waals surface area contributed by atoms with E-state index in [1.54, 1.807) is 0 Å². The summed E-state index contributed by atoms with van der Waals surface area (Å²) in [6.45, 7) is 0. The minimum Gasteiger partial charge on any atom is -0.476 e. The molecule has 3 rings (SSSR count). The van der Waals surface area contributed by atoms with Crippen LogP contribution in [0.3, 0.4) is 0 Å². The number of pyridine rings is 1. The van der Waals surface area contributed by atoms with Gasteiger partial charge in [-0.25, -0.2) is 9.78 Å². The van der Waals surface area contributed by atoms with Crippen molar-refractivity contribution in [2.75, 3.05) is 0 Å². The Hall–Kier alpha value is -1.84. The molecule has 1 fully saturated rings. The number of fused-ring (bicyclic) bond motifs is 1. The molecule has 2 aromatic heterocycles. The van der Waals surface area contributed by atoms with Crippen LogP contribution >= 0.6 is 0 Å². The van der Waals surface area contributed by atoms with Crippen LogP contribution in [0.4, 0.5) is 0 Å². The van der Waals surface area contributed by atoms with E-state index in [-0.39, 0.29) is 5.69 Å². The Morgan fingerprint density at radius 2 is 2.12 bits per heavy atom. The van der Waals surface area contributed by atoms with Crippen LogP contribution in [-0.4, -0.2) is 20.5 Å². The van der Waals surface area contributed by atoms with Crippen molar-refractivity contribution in [2.45, 2.75) is 31.6 Å². The number of aromatic nitrogens is 2. The van der Waals surface area contributed by atoms with Crippen LogP contribution in [-0.2, 0) is 0 Å². The fraction of sp³-hybridized carbons (Fsp3) is 0.385. The van der Waals surface area contributed by atoms with Gasteiger partial charge in [0.15, 0.2) is 5.69 Å². The molecule has 0 aromatic carbocycles. The third-order valence-electron chi connectivity index (χ3n) is 3.50. The number of nitrogens with zero attached hydrogens (tertiary/aromatic N) is 2. The zero-order valence-electron chi connectivity index (χ0n) is 9.47. The van der Waals surface area contributed by atoms with E-state index < -0.39 is 5.97 Å². The highest BCUT2D eigenvalue weighted by Gasteiger charge is 2.24. The van der Waals surface area contributed by atoms with Gasteiger partial charge in [0.25, 0.3) is 0 Å². The van der Waals surface area contributed by atoms with Gasteiger partial charge in [-0.15, -0.1) is 0 Å². The van der Waals surface area contributed by atoms with Crippen molar-refractivity contribution in [2.24, 2.45) is 0 Å². The van der Waals surface area contributed by atoms with Crippen LogP contribution in [0.1, 0.15) is 47.9 Å². The second-order valence-electron chi connectivity index (χ2n) is 4.56. The van der Waals surface area contributed by atoms with Crippen LogP contribution < -0.4 is 0 Å². The van der Waals surface area contributed by atoms with Gasteiger partial charge in [-0.1, -0.05) is 18.9 Å². The van der Waals surface area contributed by atoms with E-state index in [9.17, 15) is 4.79 Å². The Kier molecular flexibility index (Phi) is 2.35.